The first-order valence-corrected chi connectivity index (χ1v) is 9.24. The van der Waals surface area contributed by atoms with Gasteiger partial charge in [-0.1, -0.05) is 19.3 Å². The lowest BCUT2D eigenvalue weighted by Crippen LogP contribution is -2.43. The smallest absolute Gasteiger partial charge is 0.377 e. The van der Waals surface area contributed by atoms with E-state index < -0.39 is 8.80 Å². The van der Waals surface area contributed by atoms with Crippen molar-refractivity contribution >= 4 is 8.80 Å². The predicted molar refractivity (Wildman–Crippen MR) is 81.2 cm³/mol. The molecule has 0 aliphatic rings. The molecular weight excluding hydrogens is 260 g/mol. The van der Waals surface area contributed by atoms with E-state index in [1.165, 1.54) is 25.7 Å². The summed E-state index contributed by atoms with van der Waals surface area (Å²) in [7, 11) is 2.62. The first-order chi connectivity index (χ1) is 9.24. The molecule has 116 valence electrons. The van der Waals surface area contributed by atoms with Gasteiger partial charge in [0.2, 0.25) is 0 Å². The van der Waals surface area contributed by atoms with Gasteiger partial charge in [-0.2, -0.15) is 0 Å². The minimum absolute atomic E-state index is 0.822. The Morgan fingerprint density at radius 1 is 0.789 bits per heavy atom. The summed E-state index contributed by atoms with van der Waals surface area (Å²) in [6.45, 7) is 2.90. The maximum atomic E-state index is 5.45. The Kier molecular flexibility index (Phi) is 13.0. The summed E-state index contributed by atoms with van der Waals surface area (Å²) in [6.07, 6.45) is 7.28. The van der Waals surface area contributed by atoms with Crippen molar-refractivity contribution in [2.75, 3.05) is 41.0 Å². The highest BCUT2D eigenvalue weighted by Crippen LogP contribution is 2.14. The molecule has 0 heterocycles. The maximum Gasteiger partial charge on any atom is 0.500 e. The monoisotopic (exact) mass is 292 g/mol. The fraction of sp³-hybridized carbons (Fsp3) is 1.00. The normalized spacial score (nSPS) is 12.0. The minimum atomic E-state index is -2.36. The van der Waals surface area contributed by atoms with E-state index in [1.54, 1.807) is 21.3 Å². The Labute approximate surface area is 119 Å². The van der Waals surface area contributed by atoms with Crippen LogP contribution in [-0.2, 0) is 13.3 Å². The largest absolute Gasteiger partial charge is 0.500 e. The number of rotatable bonds is 14. The number of hydrogen-bond acceptors (Lipinski definition) is 5. The third-order valence-corrected chi connectivity index (χ3v) is 6.16. The zero-order chi connectivity index (χ0) is 14.4. The molecule has 0 unspecified atom stereocenters. The molecule has 0 spiro atoms. The zero-order valence-corrected chi connectivity index (χ0v) is 13.9. The van der Waals surface area contributed by atoms with Gasteiger partial charge in [-0.25, -0.2) is 0 Å². The lowest BCUT2D eigenvalue weighted by Gasteiger charge is -2.24. The molecule has 0 saturated heterocycles. The molecule has 0 aliphatic heterocycles. The summed E-state index contributed by atoms with van der Waals surface area (Å²) >= 11 is 0. The Hall–Kier alpha value is 0.0169. The van der Waals surface area contributed by atoms with Crippen molar-refractivity contribution in [3.8, 4) is 0 Å². The molecule has 0 aromatic rings. The second-order valence-corrected chi connectivity index (χ2v) is 7.80. The highest BCUT2D eigenvalue weighted by atomic mass is 28.4. The Morgan fingerprint density at radius 3 is 1.89 bits per heavy atom. The molecule has 19 heavy (non-hydrogen) atoms. The summed E-state index contributed by atoms with van der Waals surface area (Å²) < 4.78 is 16.1. The summed E-state index contributed by atoms with van der Waals surface area (Å²) in [5, 5.41) is 3.45. The molecule has 0 fully saturated rings. The number of hydrogen-bond donors (Lipinski definition) is 2. The third kappa shape index (κ3) is 9.54. The van der Waals surface area contributed by atoms with Crippen LogP contribution in [0.4, 0.5) is 0 Å². The van der Waals surface area contributed by atoms with Crippen molar-refractivity contribution < 1.29 is 13.3 Å². The second-order valence-electron chi connectivity index (χ2n) is 4.71. The molecule has 0 saturated carbocycles. The van der Waals surface area contributed by atoms with Crippen molar-refractivity contribution in [1.29, 1.82) is 0 Å². The average molecular weight is 292 g/mol. The van der Waals surface area contributed by atoms with Crippen LogP contribution in [0.25, 0.3) is 0 Å². The summed E-state index contributed by atoms with van der Waals surface area (Å²) in [5.74, 6) is 0. The van der Waals surface area contributed by atoms with E-state index in [0.717, 1.165) is 38.5 Å². The van der Waals surface area contributed by atoms with Crippen LogP contribution in [-0.4, -0.2) is 49.8 Å². The van der Waals surface area contributed by atoms with Crippen molar-refractivity contribution in [2.45, 2.75) is 44.6 Å². The van der Waals surface area contributed by atoms with Crippen molar-refractivity contribution in [1.82, 2.24) is 5.32 Å². The van der Waals surface area contributed by atoms with Gasteiger partial charge in [0.15, 0.2) is 0 Å². The number of nitrogens with one attached hydrogen (secondary N) is 1. The van der Waals surface area contributed by atoms with E-state index in [1.807, 2.05) is 0 Å². The standard InChI is InChI=1S/C13H32N2O3Si/c1-16-19(17-2,18-3)13-9-12-15-11-8-6-4-5-7-10-14/h15H,4-14H2,1-3H3. The van der Waals surface area contributed by atoms with Crippen LogP contribution in [0.1, 0.15) is 38.5 Å². The van der Waals surface area contributed by atoms with Crippen LogP contribution in [0.2, 0.25) is 6.04 Å². The average Bonchev–Trinajstić information content (AvgIpc) is 2.46. The minimum Gasteiger partial charge on any atom is -0.377 e. The van der Waals surface area contributed by atoms with Gasteiger partial charge in [-0.05, 0) is 38.9 Å². The van der Waals surface area contributed by atoms with Crippen LogP contribution in [0.15, 0.2) is 0 Å². The first-order valence-electron chi connectivity index (χ1n) is 7.31. The molecule has 0 aromatic heterocycles. The number of unbranched alkanes of at least 4 members (excludes halogenated alkanes) is 4. The van der Waals surface area contributed by atoms with Gasteiger partial charge in [-0.3, -0.25) is 0 Å². The lowest BCUT2D eigenvalue weighted by atomic mass is 10.1. The summed E-state index contributed by atoms with van der Waals surface area (Å²) in [6, 6.07) is 0.861. The molecule has 0 aliphatic carbocycles. The lowest BCUT2D eigenvalue weighted by molar-refractivity contribution is 0.123. The van der Waals surface area contributed by atoms with Crippen LogP contribution in [0, 0.1) is 0 Å². The van der Waals surface area contributed by atoms with Crippen LogP contribution in [0.5, 0.6) is 0 Å². The van der Waals surface area contributed by atoms with Crippen molar-refractivity contribution in [2.24, 2.45) is 5.73 Å². The molecule has 6 heteroatoms. The van der Waals surface area contributed by atoms with Crippen LogP contribution < -0.4 is 11.1 Å². The quantitative estimate of drug-likeness (QED) is 0.377. The molecule has 0 amide bonds. The second kappa shape index (κ2) is 13.0. The Bertz CT molecular complexity index is 184. The van der Waals surface area contributed by atoms with E-state index >= 15 is 0 Å². The van der Waals surface area contributed by atoms with Gasteiger partial charge >= 0.3 is 8.80 Å². The SMILES string of the molecule is CO[Si](CCCNCCCCCCCN)(OC)OC. The summed E-state index contributed by atoms with van der Waals surface area (Å²) in [5.41, 5.74) is 5.45. The number of nitrogens with two attached hydrogens (primary N) is 1. The van der Waals surface area contributed by atoms with Crippen molar-refractivity contribution in [3.63, 3.8) is 0 Å². The van der Waals surface area contributed by atoms with E-state index in [0.29, 0.717) is 0 Å². The van der Waals surface area contributed by atoms with Gasteiger partial charge < -0.3 is 24.3 Å². The molecule has 0 aromatic carbocycles. The third-order valence-electron chi connectivity index (χ3n) is 3.33. The molecule has 0 bridgehead atoms. The van der Waals surface area contributed by atoms with Gasteiger partial charge in [0.1, 0.15) is 0 Å². The fourth-order valence-corrected chi connectivity index (χ4v) is 3.76. The van der Waals surface area contributed by atoms with E-state index in [9.17, 15) is 0 Å². The molecule has 0 atom stereocenters. The highest BCUT2D eigenvalue weighted by molar-refractivity contribution is 6.60. The molecule has 0 radical (unpaired) electrons. The predicted octanol–water partition coefficient (Wildman–Crippen LogP) is 1.75. The van der Waals surface area contributed by atoms with E-state index in [2.05, 4.69) is 5.32 Å². The van der Waals surface area contributed by atoms with E-state index in [-0.39, 0.29) is 0 Å². The molecule has 3 N–H and O–H groups in total. The topological polar surface area (TPSA) is 65.7 Å². The van der Waals surface area contributed by atoms with Gasteiger partial charge in [0.25, 0.3) is 0 Å². The van der Waals surface area contributed by atoms with Crippen LogP contribution in [0.3, 0.4) is 0 Å². The fourth-order valence-electron chi connectivity index (χ4n) is 2.04. The first kappa shape index (κ1) is 19.0. The van der Waals surface area contributed by atoms with Gasteiger partial charge in [-0.15, -0.1) is 0 Å². The highest BCUT2D eigenvalue weighted by Gasteiger charge is 2.36. The molecule has 5 nitrogen and oxygen atoms in total. The van der Waals surface area contributed by atoms with Gasteiger partial charge in [0, 0.05) is 27.4 Å². The maximum absolute atomic E-state index is 5.45. The van der Waals surface area contributed by atoms with Gasteiger partial charge in [0.05, 0.1) is 0 Å². The Morgan fingerprint density at radius 2 is 1.32 bits per heavy atom. The van der Waals surface area contributed by atoms with E-state index in [4.69, 9.17) is 19.0 Å². The molecular formula is C13H32N2O3Si. The Balaban J connectivity index is 3.35. The van der Waals surface area contributed by atoms with Crippen LogP contribution >= 0.6 is 0 Å². The van der Waals surface area contributed by atoms with Crippen molar-refractivity contribution in [3.05, 3.63) is 0 Å². The zero-order valence-electron chi connectivity index (χ0n) is 12.9. The molecule has 0 rings (SSSR count). The summed E-state index contributed by atoms with van der Waals surface area (Å²) in [4.78, 5) is 0.